The maximum atomic E-state index is 12.2. The number of piperidine rings is 1. The van der Waals surface area contributed by atoms with E-state index < -0.39 is 10.0 Å². The fourth-order valence-corrected chi connectivity index (χ4v) is 3.34. The van der Waals surface area contributed by atoms with Gasteiger partial charge < -0.3 is 10.6 Å². The molecule has 0 aromatic heterocycles. The minimum atomic E-state index is -3.41. The molecule has 1 saturated heterocycles. The van der Waals surface area contributed by atoms with Gasteiger partial charge in [0.1, 0.15) is 0 Å². The Bertz CT molecular complexity index is 576. The average molecular weight is 297 g/mol. The summed E-state index contributed by atoms with van der Waals surface area (Å²) in [6, 6.07) is 4.95. The predicted octanol–water partition coefficient (Wildman–Crippen LogP) is 1.76. The van der Waals surface area contributed by atoms with Crippen molar-refractivity contribution in [2.24, 2.45) is 5.92 Å². The molecular formula is C14H23N3O2S. The number of nitrogens with zero attached hydrogens (tertiary/aromatic N) is 2. The molecule has 0 spiro atoms. The van der Waals surface area contributed by atoms with E-state index in [0.717, 1.165) is 37.5 Å². The van der Waals surface area contributed by atoms with Gasteiger partial charge in [0.05, 0.1) is 16.3 Å². The lowest BCUT2D eigenvalue weighted by molar-refractivity contribution is 0.438. The lowest BCUT2D eigenvalue weighted by atomic mass is 9.98. The molecule has 2 rings (SSSR count). The van der Waals surface area contributed by atoms with Crippen molar-refractivity contribution < 1.29 is 8.42 Å². The van der Waals surface area contributed by atoms with Gasteiger partial charge in [-0.3, -0.25) is 0 Å². The van der Waals surface area contributed by atoms with Crippen LogP contribution in [0.1, 0.15) is 19.8 Å². The zero-order chi connectivity index (χ0) is 14.9. The van der Waals surface area contributed by atoms with Crippen LogP contribution in [0.4, 0.5) is 11.4 Å². The molecule has 1 aliphatic rings. The van der Waals surface area contributed by atoms with E-state index in [2.05, 4.69) is 11.8 Å². The molecule has 0 unspecified atom stereocenters. The van der Waals surface area contributed by atoms with Gasteiger partial charge in [-0.1, -0.05) is 6.92 Å². The molecule has 0 amide bonds. The molecule has 6 heteroatoms. The molecule has 1 aromatic rings. The summed E-state index contributed by atoms with van der Waals surface area (Å²) in [7, 11) is -0.343. The highest BCUT2D eigenvalue weighted by molar-refractivity contribution is 7.89. The molecule has 0 atom stereocenters. The van der Waals surface area contributed by atoms with Crippen molar-refractivity contribution in [3.05, 3.63) is 18.2 Å². The summed E-state index contributed by atoms with van der Waals surface area (Å²) >= 11 is 0. The topological polar surface area (TPSA) is 66.6 Å². The van der Waals surface area contributed by atoms with Crippen LogP contribution in [0, 0.1) is 5.92 Å². The van der Waals surface area contributed by atoms with Crippen molar-refractivity contribution in [3.63, 3.8) is 0 Å². The highest BCUT2D eigenvalue weighted by atomic mass is 32.2. The van der Waals surface area contributed by atoms with Gasteiger partial charge in [0.2, 0.25) is 10.0 Å². The van der Waals surface area contributed by atoms with E-state index in [0.29, 0.717) is 10.6 Å². The zero-order valence-electron chi connectivity index (χ0n) is 12.3. The first-order valence-corrected chi connectivity index (χ1v) is 8.33. The Morgan fingerprint density at radius 1 is 1.25 bits per heavy atom. The van der Waals surface area contributed by atoms with Gasteiger partial charge in [-0.15, -0.1) is 0 Å². The lowest BCUT2D eigenvalue weighted by Gasteiger charge is -2.33. The van der Waals surface area contributed by atoms with Gasteiger partial charge in [-0.2, -0.15) is 0 Å². The highest BCUT2D eigenvalue weighted by Crippen LogP contribution is 2.30. The van der Waals surface area contributed by atoms with Crippen molar-refractivity contribution in [3.8, 4) is 0 Å². The summed E-state index contributed by atoms with van der Waals surface area (Å²) in [5.74, 6) is 0.723. The highest BCUT2D eigenvalue weighted by Gasteiger charge is 2.22. The number of nitrogen functional groups attached to an aromatic ring is 1. The Labute approximate surface area is 121 Å². The van der Waals surface area contributed by atoms with E-state index in [-0.39, 0.29) is 0 Å². The fraction of sp³-hybridized carbons (Fsp3) is 0.571. The van der Waals surface area contributed by atoms with E-state index in [9.17, 15) is 8.42 Å². The largest absolute Gasteiger partial charge is 0.397 e. The molecule has 1 aromatic carbocycles. The van der Waals surface area contributed by atoms with Crippen LogP contribution >= 0.6 is 0 Å². The van der Waals surface area contributed by atoms with Crippen LogP contribution in [-0.4, -0.2) is 39.9 Å². The SMILES string of the molecule is CC1CCN(c2cc(S(=O)(=O)N(C)C)ccc2N)CC1. The van der Waals surface area contributed by atoms with Crippen LogP contribution in [0.3, 0.4) is 0 Å². The second-order valence-electron chi connectivity index (χ2n) is 5.68. The van der Waals surface area contributed by atoms with E-state index in [1.807, 2.05) is 0 Å². The quantitative estimate of drug-likeness (QED) is 0.863. The average Bonchev–Trinajstić information content (AvgIpc) is 2.40. The number of rotatable bonds is 3. The zero-order valence-corrected chi connectivity index (χ0v) is 13.2. The van der Waals surface area contributed by atoms with Gasteiger partial charge in [0.25, 0.3) is 0 Å². The van der Waals surface area contributed by atoms with Crippen LogP contribution in [-0.2, 0) is 10.0 Å². The Hall–Kier alpha value is -1.27. The summed E-state index contributed by atoms with van der Waals surface area (Å²) in [5.41, 5.74) is 7.49. The van der Waals surface area contributed by atoms with Gasteiger partial charge in [-0.25, -0.2) is 12.7 Å². The molecule has 0 radical (unpaired) electrons. The van der Waals surface area contributed by atoms with Crippen molar-refractivity contribution in [2.45, 2.75) is 24.7 Å². The second-order valence-corrected chi connectivity index (χ2v) is 7.83. The maximum Gasteiger partial charge on any atom is 0.242 e. The van der Waals surface area contributed by atoms with Gasteiger partial charge in [0, 0.05) is 27.2 Å². The Morgan fingerprint density at radius 2 is 1.85 bits per heavy atom. The molecular weight excluding hydrogens is 274 g/mol. The smallest absolute Gasteiger partial charge is 0.242 e. The Morgan fingerprint density at radius 3 is 2.40 bits per heavy atom. The number of sulfonamides is 1. The molecule has 1 fully saturated rings. The first-order chi connectivity index (χ1) is 9.32. The number of hydrogen-bond donors (Lipinski definition) is 1. The monoisotopic (exact) mass is 297 g/mol. The molecule has 0 saturated carbocycles. The van der Waals surface area contributed by atoms with Gasteiger partial charge in [0.15, 0.2) is 0 Å². The molecule has 1 heterocycles. The molecule has 2 N–H and O–H groups in total. The summed E-state index contributed by atoms with van der Waals surface area (Å²) < 4.78 is 25.6. The van der Waals surface area contributed by atoms with Gasteiger partial charge >= 0.3 is 0 Å². The fourth-order valence-electron chi connectivity index (χ4n) is 2.42. The predicted molar refractivity (Wildman–Crippen MR) is 82.3 cm³/mol. The van der Waals surface area contributed by atoms with E-state index >= 15 is 0 Å². The summed E-state index contributed by atoms with van der Waals surface area (Å²) in [6.45, 7) is 4.10. The third kappa shape index (κ3) is 2.91. The third-order valence-electron chi connectivity index (χ3n) is 3.90. The van der Waals surface area contributed by atoms with E-state index in [4.69, 9.17) is 5.73 Å². The normalized spacial score (nSPS) is 17.7. The van der Waals surface area contributed by atoms with Gasteiger partial charge in [-0.05, 0) is 37.0 Å². The summed E-state index contributed by atoms with van der Waals surface area (Å²) in [4.78, 5) is 2.48. The number of anilines is 2. The van der Waals surface area contributed by atoms with Crippen molar-refractivity contribution in [2.75, 3.05) is 37.8 Å². The standard InChI is InChI=1S/C14H23N3O2S/c1-11-6-8-17(9-7-11)14-10-12(4-5-13(14)15)20(18,19)16(2)3/h4-5,10-11H,6-9,15H2,1-3H3. The van der Waals surface area contributed by atoms with Crippen LogP contribution in [0.5, 0.6) is 0 Å². The maximum absolute atomic E-state index is 12.2. The Balaban J connectivity index is 2.35. The molecule has 0 aliphatic carbocycles. The molecule has 0 bridgehead atoms. The van der Waals surface area contributed by atoms with Crippen LogP contribution < -0.4 is 10.6 Å². The molecule has 1 aliphatic heterocycles. The lowest BCUT2D eigenvalue weighted by Crippen LogP contribution is -2.33. The second kappa shape index (κ2) is 5.61. The first-order valence-electron chi connectivity index (χ1n) is 6.89. The number of nitrogens with two attached hydrogens (primary N) is 1. The van der Waals surface area contributed by atoms with E-state index in [1.165, 1.54) is 18.4 Å². The van der Waals surface area contributed by atoms with Crippen molar-refractivity contribution >= 4 is 21.4 Å². The molecule has 5 nitrogen and oxygen atoms in total. The Kier molecular flexibility index (Phi) is 4.25. The van der Waals surface area contributed by atoms with Crippen LogP contribution in [0.15, 0.2) is 23.1 Å². The third-order valence-corrected chi connectivity index (χ3v) is 5.72. The van der Waals surface area contributed by atoms with Crippen molar-refractivity contribution in [1.29, 1.82) is 0 Å². The summed E-state index contributed by atoms with van der Waals surface area (Å²) in [5, 5.41) is 0. The molecule has 112 valence electrons. The van der Waals surface area contributed by atoms with E-state index in [1.54, 1.807) is 18.2 Å². The first kappa shape index (κ1) is 15.1. The minimum absolute atomic E-state index is 0.297. The van der Waals surface area contributed by atoms with Crippen LogP contribution in [0.2, 0.25) is 0 Å². The van der Waals surface area contributed by atoms with Crippen LogP contribution in [0.25, 0.3) is 0 Å². The number of hydrogen-bond acceptors (Lipinski definition) is 4. The van der Waals surface area contributed by atoms with Crippen molar-refractivity contribution in [1.82, 2.24) is 4.31 Å². The number of benzene rings is 1. The summed E-state index contributed by atoms with van der Waals surface area (Å²) in [6.07, 6.45) is 2.23. The minimum Gasteiger partial charge on any atom is -0.397 e. The molecule has 20 heavy (non-hydrogen) atoms.